The Labute approximate surface area is 95.4 Å². The SMILES string of the molecule is O=C(Cc1ccccc1Cl)CC1CCC1. The average Bonchev–Trinajstić information content (AvgIpc) is 2.16. The smallest absolute Gasteiger partial charge is 0.137 e. The molecule has 2 heteroatoms. The largest absolute Gasteiger partial charge is 0.299 e. The molecule has 1 fully saturated rings. The van der Waals surface area contributed by atoms with Gasteiger partial charge in [0.1, 0.15) is 5.78 Å². The van der Waals surface area contributed by atoms with Crippen molar-refractivity contribution in [3.63, 3.8) is 0 Å². The first-order valence-electron chi connectivity index (χ1n) is 5.51. The van der Waals surface area contributed by atoms with Gasteiger partial charge in [0, 0.05) is 17.9 Å². The van der Waals surface area contributed by atoms with Gasteiger partial charge in [-0.15, -0.1) is 0 Å². The maximum atomic E-state index is 11.7. The first kappa shape index (κ1) is 10.7. The molecule has 0 saturated heterocycles. The van der Waals surface area contributed by atoms with Crippen LogP contribution in [0.5, 0.6) is 0 Å². The zero-order valence-corrected chi connectivity index (χ0v) is 9.46. The Kier molecular flexibility index (Phi) is 3.42. The predicted octanol–water partition coefficient (Wildman–Crippen LogP) is 3.64. The van der Waals surface area contributed by atoms with Crippen molar-refractivity contribution < 1.29 is 4.79 Å². The molecule has 0 spiro atoms. The van der Waals surface area contributed by atoms with Crippen LogP contribution in [0.15, 0.2) is 24.3 Å². The number of Topliss-reactive ketones (excluding diaryl/α,β-unsaturated/α-hetero) is 1. The van der Waals surface area contributed by atoms with E-state index in [1.807, 2.05) is 24.3 Å². The van der Waals surface area contributed by atoms with E-state index in [2.05, 4.69) is 0 Å². The highest BCUT2D eigenvalue weighted by Gasteiger charge is 2.20. The van der Waals surface area contributed by atoms with Crippen LogP contribution in [0.2, 0.25) is 5.02 Å². The van der Waals surface area contributed by atoms with Gasteiger partial charge in [-0.3, -0.25) is 4.79 Å². The molecule has 1 aliphatic rings. The third-order valence-corrected chi connectivity index (χ3v) is 3.46. The van der Waals surface area contributed by atoms with Gasteiger partial charge in [0.25, 0.3) is 0 Å². The molecule has 0 aromatic heterocycles. The second-order valence-electron chi connectivity index (χ2n) is 4.31. The summed E-state index contributed by atoms with van der Waals surface area (Å²) in [4.78, 5) is 11.7. The van der Waals surface area contributed by atoms with E-state index in [1.54, 1.807) is 0 Å². The molecule has 0 radical (unpaired) electrons. The summed E-state index contributed by atoms with van der Waals surface area (Å²) in [6.45, 7) is 0. The van der Waals surface area contributed by atoms with Gasteiger partial charge in [-0.1, -0.05) is 49.1 Å². The average molecular weight is 223 g/mol. The number of carbonyl (C=O) groups is 1. The molecule has 1 aromatic rings. The van der Waals surface area contributed by atoms with E-state index in [0.29, 0.717) is 23.1 Å². The summed E-state index contributed by atoms with van der Waals surface area (Å²) in [6.07, 6.45) is 4.99. The summed E-state index contributed by atoms with van der Waals surface area (Å²) in [5, 5.41) is 0.708. The van der Waals surface area contributed by atoms with Crippen molar-refractivity contribution in [2.24, 2.45) is 5.92 Å². The summed E-state index contributed by atoms with van der Waals surface area (Å²) in [6, 6.07) is 7.59. The molecule has 2 rings (SSSR count). The molecule has 0 atom stereocenters. The molecule has 0 N–H and O–H groups in total. The second-order valence-corrected chi connectivity index (χ2v) is 4.72. The van der Waals surface area contributed by atoms with E-state index >= 15 is 0 Å². The Morgan fingerprint density at radius 3 is 2.67 bits per heavy atom. The van der Waals surface area contributed by atoms with Gasteiger partial charge < -0.3 is 0 Å². The van der Waals surface area contributed by atoms with Crippen molar-refractivity contribution in [1.29, 1.82) is 0 Å². The minimum Gasteiger partial charge on any atom is -0.299 e. The summed E-state index contributed by atoms with van der Waals surface area (Å²) in [5.74, 6) is 0.979. The van der Waals surface area contributed by atoms with Crippen LogP contribution in [0.25, 0.3) is 0 Å². The van der Waals surface area contributed by atoms with Gasteiger partial charge >= 0.3 is 0 Å². The first-order valence-corrected chi connectivity index (χ1v) is 5.88. The van der Waals surface area contributed by atoms with Crippen molar-refractivity contribution in [2.75, 3.05) is 0 Å². The highest BCUT2D eigenvalue weighted by molar-refractivity contribution is 6.31. The van der Waals surface area contributed by atoms with E-state index in [9.17, 15) is 4.79 Å². The monoisotopic (exact) mass is 222 g/mol. The molecule has 1 aliphatic carbocycles. The van der Waals surface area contributed by atoms with Gasteiger partial charge in [-0.05, 0) is 17.5 Å². The lowest BCUT2D eigenvalue weighted by atomic mass is 9.81. The normalized spacial score (nSPS) is 16.1. The number of hydrogen-bond acceptors (Lipinski definition) is 1. The molecule has 0 amide bonds. The summed E-state index contributed by atoms with van der Waals surface area (Å²) < 4.78 is 0. The number of carbonyl (C=O) groups excluding carboxylic acids is 1. The van der Waals surface area contributed by atoms with Gasteiger partial charge in [-0.25, -0.2) is 0 Å². The van der Waals surface area contributed by atoms with Gasteiger partial charge in [0.15, 0.2) is 0 Å². The fourth-order valence-electron chi connectivity index (χ4n) is 1.95. The lowest BCUT2D eigenvalue weighted by Crippen LogP contribution is -2.17. The molecule has 0 aliphatic heterocycles. The van der Waals surface area contributed by atoms with Crippen LogP contribution in [0, 0.1) is 5.92 Å². The molecule has 80 valence electrons. The number of ketones is 1. The van der Waals surface area contributed by atoms with Crippen molar-refractivity contribution >= 4 is 17.4 Å². The third-order valence-electron chi connectivity index (χ3n) is 3.09. The highest BCUT2D eigenvalue weighted by atomic mass is 35.5. The van der Waals surface area contributed by atoms with Gasteiger partial charge in [0.05, 0.1) is 0 Å². The van der Waals surface area contributed by atoms with E-state index < -0.39 is 0 Å². The molecular weight excluding hydrogens is 208 g/mol. The summed E-state index contributed by atoms with van der Waals surface area (Å²) >= 11 is 6.00. The molecule has 1 nitrogen and oxygen atoms in total. The zero-order valence-electron chi connectivity index (χ0n) is 8.71. The molecular formula is C13H15ClO. The third kappa shape index (κ3) is 2.82. The Bertz CT molecular complexity index is 355. The van der Waals surface area contributed by atoms with Crippen molar-refractivity contribution in [1.82, 2.24) is 0 Å². The van der Waals surface area contributed by atoms with Crippen LogP contribution in [0.4, 0.5) is 0 Å². The minimum absolute atomic E-state index is 0.327. The fraction of sp³-hybridized carbons (Fsp3) is 0.462. The molecule has 0 heterocycles. The van der Waals surface area contributed by atoms with Crippen LogP contribution in [0.3, 0.4) is 0 Å². The number of rotatable bonds is 4. The van der Waals surface area contributed by atoms with E-state index in [4.69, 9.17) is 11.6 Å². The van der Waals surface area contributed by atoms with Gasteiger partial charge in [0.2, 0.25) is 0 Å². The van der Waals surface area contributed by atoms with Crippen molar-refractivity contribution in [3.05, 3.63) is 34.9 Å². The summed E-state index contributed by atoms with van der Waals surface area (Å²) in [7, 11) is 0. The van der Waals surface area contributed by atoms with Crippen LogP contribution in [-0.2, 0) is 11.2 Å². The maximum Gasteiger partial charge on any atom is 0.137 e. The fourth-order valence-corrected chi connectivity index (χ4v) is 2.15. The van der Waals surface area contributed by atoms with Crippen LogP contribution in [-0.4, -0.2) is 5.78 Å². The predicted molar refractivity (Wildman–Crippen MR) is 62.1 cm³/mol. The van der Waals surface area contributed by atoms with Crippen LogP contribution in [0.1, 0.15) is 31.2 Å². The van der Waals surface area contributed by atoms with E-state index in [0.717, 1.165) is 12.0 Å². The lowest BCUT2D eigenvalue weighted by molar-refractivity contribution is -0.119. The highest BCUT2D eigenvalue weighted by Crippen LogP contribution is 2.30. The molecule has 1 saturated carbocycles. The Hall–Kier alpha value is -0.820. The van der Waals surface area contributed by atoms with Gasteiger partial charge in [-0.2, -0.15) is 0 Å². The Morgan fingerprint density at radius 1 is 1.33 bits per heavy atom. The maximum absolute atomic E-state index is 11.7. The standard InChI is InChI=1S/C13H15ClO/c14-13-7-2-1-6-11(13)9-12(15)8-10-4-3-5-10/h1-2,6-7,10H,3-5,8-9H2. The molecule has 0 bridgehead atoms. The minimum atomic E-state index is 0.327. The Balaban J connectivity index is 1.90. The quantitative estimate of drug-likeness (QED) is 0.760. The second kappa shape index (κ2) is 4.80. The first-order chi connectivity index (χ1) is 7.25. The molecule has 1 aromatic carbocycles. The van der Waals surface area contributed by atoms with Crippen molar-refractivity contribution in [2.45, 2.75) is 32.1 Å². The van der Waals surface area contributed by atoms with E-state index in [-0.39, 0.29) is 0 Å². The number of hydrogen-bond donors (Lipinski definition) is 0. The van der Waals surface area contributed by atoms with E-state index in [1.165, 1.54) is 19.3 Å². The topological polar surface area (TPSA) is 17.1 Å². The lowest BCUT2D eigenvalue weighted by Gasteiger charge is -2.24. The zero-order chi connectivity index (χ0) is 10.7. The summed E-state index contributed by atoms with van der Waals surface area (Å²) in [5.41, 5.74) is 0.962. The number of halogens is 1. The van der Waals surface area contributed by atoms with Crippen LogP contribution >= 0.6 is 11.6 Å². The molecule has 0 unspecified atom stereocenters. The Morgan fingerprint density at radius 2 is 2.07 bits per heavy atom. The number of benzene rings is 1. The van der Waals surface area contributed by atoms with Crippen molar-refractivity contribution in [3.8, 4) is 0 Å². The van der Waals surface area contributed by atoms with Crippen LogP contribution < -0.4 is 0 Å². The molecule has 15 heavy (non-hydrogen) atoms.